The Morgan fingerprint density at radius 1 is 1.60 bits per heavy atom. The zero-order valence-electron chi connectivity index (χ0n) is 8.61. The van der Waals surface area contributed by atoms with Crippen LogP contribution in [0.4, 0.5) is 0 Å². The number of carbonyl (C=O) groups is 3. The van der Waals surface area contributed by atoms with Crippen molar-refractivity contribution in [3.05, 3.63) is 12.7 Å². The van der Waals surface area contributed by atoms with Crippen molar-refractivity contribution in [2.24, 2.45) is 5.92 Å². The summed E-state index contributed by atoms with van der Waals surface area (Å²) in [6.07, 6.45) is 0.945. The van der Waals surface area contributed by atoms with E-state index in [0.29, 0.717) is 0 Å². The summed E-state index contributed by atoms with van der Waals surface area (Å²) in [6.45, 7) is 6.36. The summed E-state index contributed by atoms with van der Waals surface area (Å²) in [6, 6.07) is 0. The molecule has 0 bridgehead atoms. The topological polar surface area (TPSA) is 69.7 Å². The number of hydrogen-bond donors (Lipinski definition) is 0. The minimum Gasteiger partial charge on any atom is -0.456 e. The van der Waals surface area contributed by atoms with Crippen molar-refractivity contribution in [1.82, 2.24) is 0 Å². The predicted octanol–water partition coefficient (Wildman–Crippen LogP) is 0.584. The van der Waals surface area contributed by atoms with Crippen molar-refractivity contribution in [2.45, 2.75) is 25.9 Å². The molecule has 0 N–H and O–H groups in total. The van der Waals surface area contributed by atoms with E-state index >= 15 is 0 Å². The summed E-state index contributed by atoms with van der Waals surface area (Å²) in [7, 11) is 0. The van der Waals surface area contributed by atoms with Crippen molar-refractivity contribution < 1.29 is 23.9 Å². The number of cyclic esters (lactones) is 2. The van der Waals surface area contributed by atoms with E-state index in [-0.39, 0.29) is 6.42 Å². The first-order valence-corrected chi connectivity index (χ1v) is 4.46. The van der Waals surface area contributed by atoms with Gasteiger partial charge < -0.3 is 9.47 Å². The molecule has 1 fully saturated rings. The van der Waals surface area contributed by atoms with E-state index in [9.17, 15) is 14.4 Å². The van der Waals surface area contributed by atoms with Crippen LogP contribution in [-0.4, -0.2) is 23.5 Å². The molecule has 1 aliphatic heterocycles. The van der Waals surface area contributed by atoms with Gasteiger partial charge in [0.2, 0.25) is 0 Å². The zero-order valence-corrected chi connectivity index (χ0v) is 8.61. The van der Waals surface area contributed by atoms with Crippen molar-refractivity contribution >= 4 is 17.9 Å². The number of ether oxygens (including phenoxy) is 2. The Bertz CT molecular complexity index is 329. The van der Waals surface area contributed by atoms with Crippen LogP contribution in [0.15, 0.2) is 12.7 Å². The molecule has 1 unspecified atom stereocenters. The Morgan fingerprint density at radius 2 is 2.20 bits per heavy atom. The molecule has 0 aromatic rings. The molecule has 5 heteroatoms. The molecule has 0 saturated carbocycles. The summed E-state index contributed by atoms with van der Waals surface area (Å²) in [5.74, 6) is -2.62. The highest BCUT2D eigenvalue weighted by Crippen LogP contribution is 2.30. The highest BCUT2D eigenvalue weighted by molar-refractivity contribution is 5.95. The largest absolute Gasteiger partial charge is 0.456 e. The molecule has 0 aromatic heterocycles. The molecule has 1 atom stereocenters. The lowest BCUT2D eigenvalue weighted by Gasteiger charge is -2.27. The van der Waals surface area contributed by atoms with E-state index in [4.69, 9.17) is 4.74 Å². The summed E-state index contributed by atoms with van der Waals surface area (Å²) >= 11 is 0. The number of carbonyl (C=O) groups excluding carboxylic acids is 3. The monoisotopic (exact) mass is 212 g/mol. The van der Waals surface area contributed by atoms with Crippen molar-refractivity contribution in [3.8, 4) is 0 Å². The second kappa shape index (κ2) is 3.84. The van der Waals surface area contributed by atoms with Crippen LogP contribution in [0.25, 0.3) is 0 Å². The molecule has 0 radical (unpaired) electrons. The third-order valence-electron chi connectivity index (χ3n) is 2.24. The lowest BCUT2D eigenvalue weighted by Crippen LogP contribution is -2.38. The zero-order chi connectivity index (χ0) is 11.6. The molecular formula is C10H12O5. The summed E-state index contributed by atoms with van der Waals surface area (Å²) < 4.78 is 9.36. The lowest BCUT2D eigenvalue weighted by molar-refractivity contribution is -0.162. The summed E-state index contributed by atoms with van der Waals surface area (Å²) in [4.78, 5) is 33.1. The number of rotatable bonds is 3. The van der Waals surface area contributed by atoms with Crippen LogP contribution in [0, 0.1) is 5.92 Å². The van der Waals surface area contributed by atoms with Gasteiger partial charge in [0.25, 0.3) is 0 Å². The summed E-state index contributed by atoms with van der Waals surface area (Å²) in [5, 5.41) is 0. The van der Waals surface area contributed by atoms with Crippen LogP contribution in [0.2, 0.25) is 0 Å². The fourth-order valence-corrected chi connectivity index (χ4v) is 1.38. The minimum absolute atomic E-state index is 0.0593. The molecule has 0 aromatic carbocycles. The predicted molar refractivity (Wildman–Crippen MR) is 49.6 cm³/mol. The van der Waals surface area contributed by atoms with Crippen LogP contribution in [0.5, 0.6) is 0 Å². The molecule has 1 rings (SSSR count). The molecule has 0 amide bonds. The number of hydrogen-bond acceptors (Lipinski definition) is 5. The first kappa shape index (κ1) is 11.4. The van der Waals surface area contributed by atoms with Gasteiger partial charge in [-0.1, -0.05) is 6.58 Å². The normalized spacial score (nSPS) is 21.1. The van der Waals surface area contributed by atoms with Crippen LogP contribution in [0.3, 0.4) is 0 Å². The highest BCUT2D eigenvalue weighted by atomic mass is 16.6. The molecule has 82 valence electrons. The Kier molecular flexibility index (Phi) is 2.93. The van der Waals surface area contributed by atoms with Gasteiger partial charge in [-0.3, -0.25) is 9.59 Å². The Morgan fingerprint density at radius 3 is 2.60 bits per heavy atom. The van der Waals surface area contributed by atoms with Gasteiger partial charge in [-0.05, 0) is 13.8 Å². The van der Waals surface area contributed by atoms with E-state index in [0.717, 1.165) is 6.08 Å². The van der Waals surface area contributed by atoms with Gasteiger partial charge >= 0.3 is 17.9 Å². The van der Waals surface area contributed by atoms with Crippen LogP contribution in [-0.2, 0) is 23.9 Å². The van der Waals surface area contributed by atoms with Crippen molar-refractivity contribution in [2.75, 3.05) is 0 Å². The fourth-order valence-electron chi connectivity index (χ4n) is 1.38. The molecular weight excluding hydrogens is 200 g/mol. The van der Waals surface area contributed by atoms with Gasteiger partial charge in [0, 0.05) is 6.08 Å². The van der Waals surface area contributed by atoms with Gasteiger partial charge in [-0.2, -0.15) is 0 Å². The van der Waals surface area contributed by atoms with Gasteiger partial charge in [-0.25, -0.2) is 4.79 Å². The second-order valence-corrected chi connectivity index (χ2v) is 3.78. The third-order valence-corrected chi connectivity index (χ3v) is 2.24. The smallest absolute Gasteiger partial charge is 0.330 e. The molecule has 15 heavy (non-hydrogen) atoms. The Labute approximate surface area is 87.0 Å². The molecule has 0 aliphatic carbocycles. The second-order valence-electron chi connectivity index (χ2n) is 3.78. The van der Waals surface area contributed by atoms with Crippen LogP contribution >= 0.6 is 0 Å². The lowest BCUT2D eigenvalue weighted by atomic mass is 9.89. The highest BCUT2D eigenvalue weighted by Gasteiger charge is 2.46. The molecule has 5 nitrogen and oxygen atoms in total. The van der Waals surface area contributed by atoms with Crippen molar-refractivity contribution in [1.29, 1.82) is 0 Å². The van der Waals surface area contributed by atoms with Gasteiger partial charge in [-0.15, -0.1) is 0 Å². The molecule has 1 heterocycles. The van der Waals surface area contributed by atoms with Gasteiger partial charge in [0.1, 0.15) is 11.5 Å². The van der Waals surface area contributed by atoms with E-state index < -0.39 is 29.4 Å². The molecule has 1 saturated heterocycles. The number of esters is 3. The minimum atomic E-state index is -1.06. The third kappa shape index (κ3) is 2.43. The van der Waals surface area contributed by atoms with Crippen LogP contribution in [0.1, 0.15) is 20.3 Å². The summed E-state index contributed by atoms with van der Waals surface area (Å²) in [5.41, 5.74) is -1.06. The van der Waals surface area contributed by atoms with Gasteiger partial charge in [0.15, 0.2) is 0 Å². The Balaban J connectivity index is 2.77. The quantitative estimate of drug-likeness (QED) is 0.389. The maximum Gasteiger partial charge on any atom is 0.330 e. The van der Waals surface area contributed by atoms with E-state index in [1.807, 2.05) is 0 Å². The average molecular weight is 212 g/mol. The maximum atomic E-state index is 11.2. The molecule has 1 aliphatic rings. The first-order chi connectivity index (χ1) is 6.86. The van der Waals surface area contributed by atoms with E-state index in [1.54, 1.807) is 13.8 Å². The molecule has 0 spiro atoms. The van der Waals surface area contributed by atoms with E-state index in [2.05, 4.69) is 11.3 Å². The Hall–Kier alpha value is -1.65. The van der Waals surface area contributed by atoms with Crippen LogP contribution < -0.4 is 0 Å². The van der Waals surface area contributed by atoms with E-state index in [1.165, 1.54) is 0 Å². The standard InChI is InChI=1S/C10H12O5/c1-4-7(11)15-10(2,3)6-5-8(12)14-9(6)13/h4,6H,1,5H2,2-3H3. The van der Waals surface area contributed by atoms with Crippen molar-refractivity contribution in [3.63, 3.8) is 0 Å². The average Bonchev–Trinajstić information content (AvgIpc) is 2.45. The maximum absolute atomic E-state index is 11.2. The first-order valence-electron chi connectivity index (χ1n) is 4.46. The van der Waals surface area contributed by atoms with Gasteiger partial charge in [0.05, 0.1) is 6.42 Å². The SMILES string of the molecule is C=CC(=O)OC(C)(C)C1CC(=O)OC1=O. The fraction of sp³-hybridized carbons (Fsp3) is 0.500.